The van der Waals surface area contributed by atoms with Crippen LogP contribution < -0.4 is 24.8 Å². The summed E-state index contributed by atoms with van der Waals surface area (Å²) < 4.78 is 0. The predicted molar refractivity (Wildman–Crippen MR) is 97.2 cm³/mol. The summed E-state index contributed by atoms with van der Waals surface area (Å²) in [5.74, 6) is 0.517. The van der Waals surface area contributed by atoms with Crippen LogP contribution in [0.5, 0.6) is 0 Å². The number of halogens is 2. The second kappa shape index (κ2) is 8.29. The second-order valence-corrected chi connectivity index (χ2v) is 6.57. The average Bonchev–Trinajstić information content (AvgIpc) is 3.00. The Balaban J connectivity index is 0.00000104. The third-order valence-corrected chi connectivity index (χ3v) is 5.59. The molecule has 0 bridgehead atoms. The van der Waals surface area contributed by atoms with Crippen LogP contribution >= 0.6 is 0 Å². The van der Waals surface area contributed by atoms with E-state index in [1.54, 1.807) is 0 Å². The Morgan fingerprint density at radius 1 is 0.800 bits per heavy atom. The standard InChI is InChI=1S/C22H21.2ClH.Hf/c1-13-14(2)16(4)22(15(13)3)20-11-7-10-19-18-9-6-5-8-17(18)12-21(19)20;;;/h5-12,15H,1-4H3;2*1H;/q-1;;;/p-2. The predicted octanol–water partition coefficient (Wildman–Crippen LogP) is 0.477. The molecule has 0 N–H and O–H groups in total. The monoisotopic (exact) mass is 535 g/mol. The zero-order valence-electron chi connectivity index (χ0n) is 15.0. The molecule has 25 heavy (non-hydrogen) atoms. The van der Waals surface area contributed by atoms with E-state index in [-0.39, 0.29) is 50.7 Å². The summed E-state index contributed by atoms with van der Waals surface area (Å²) in [6.45, 7) is 9.15. The maximum atomic E-state index is 2.36. The molecule has 130 valence electrons. The minimum absolute atomic E-state index is 0. The van der Waals surface area contributed by atoms with Crippen molar-refractivity contribution in [2.75, 3.05) is 0 Å². The molecule has 0 radical (unpaired) electrons. The summed E-state index contributed by atoms with van der Waals surface area (Å²) in [5.41, 5.74) is 7.37. The van der Waals surface area contributed by atoms with Crippen molar-refractivity contribution in [1.29, 1.82) is 0 Å². The quantitative estimate of drug-likeness (QED) is 0.315. The Morgan fingerprint density at radius 2 is 1.44 bits per heavy atom. The van der Waals surface area contributed by atoms with Crippen molar-refractivity contribution >= 4 is 27.1 Å². The molecule has 0 aromatic heterocycles. The molecule has 3 aromatic carbocycles. The Labute approximate surface area is 181 Å². The van der Waals surface area contributed by atoms with Gasteiger partial charge in [0.15, 0.2) is 0 Å². The van der Waals surface area contributed by atoms with Gasteiger partial charge in [-0.3, -0.25) is 0 Å². The molecule has 0 aliphatic heterocycles. The van der Waals surface area contributed by atoms with Gasteiger partial charge in [0.1, 0.15) is 0 Å². The molecule has 1 aliphatic rings. The van der Waals surface area contributed by atoms with E-state index in [4.69, 9.17) is 0 Å². The molecule has 0 fully saturated rings. The molecule has 0 amide bonds. The molecule has 0 heterocycles. The van der Waals surface area contributed by atoms with Crippen molar-refractivity contribution in [3.63, 3.8) is 0 Å². The second-order valence-electron chi connectivity index (χ2n) is 6.57. The van der Waals surface area contributed by atoms with Gasteiger partial charge in [-0.25, -0.2) is 0 Å². The first-order valence-corrected chi connectivity index (χ1v) is 8.05. The van der Waals surface area contributed by atoms with Crippen LogP contribution in [-0.4, -0.2) is 0 Å². The number of rotatable bonds is 1. The van der Waals surface area contributed by atoms with Crippen LogP contribution in [0.3, 0.4) is 0 Å². The molecule has 1 atom stereocenters. The summed E-state index contributed by atoms with van der Waals surface area (Å²) in [4.78, 5) is 0. The maximum absolute atomic E-state index is 2.36. The molecular weight excluding hydrogens is 514 g/mol. The van der Waals surface area contributed by atoms with Gasteiger partial charge < -0.3 is 24.8 Å². The van der Waals surface area contributed by atoms with Crippen molar-refractivity contribution < 1.29 is 50.7 Å². The van der Waals surface area contributed by atoms with Crippen molar-refractivity contribution in [2.45, 2.75) is 27.7 Å². The topological polar surface area (TPSA) is 0 Å². The minimum atomic E-state index is 0. The zero-order chi connectivity index (χ0) is 15.4. The van der Waals surface area contributed by atoms with Gasteiger partial charge in [0.25, 0.3) is 0 Å². The van der Waals surface area contributed by atoms with Gasteiger partial charge in [0, 0.05) is 25.8 Å². The summed E-state index contributed by atoms with van der Waals surface area (Å²) in [5, 5.41) is 5.48. The van der Waals surface area contributed by atoms with E-state index in [9.17, 15) is 0 Å². The SMILES string of the molecule is CC1=C(C)C(C)C(c2cccc3c2[cH-]c2ccccc23)=C1C.[Cl-].[Cl-].[Hf]. The summed E-state index contributed by atoms with van der Waals surface area (Å²) >= 11 is 0. The molecule has 3 aromatic rings. The van der Waals surface area contributed by atoms with Crippen molar-refractivity contribution in [3.8, 4) is 0 Å². The maximum Gasteiger partial charge on any atom is 0 e. The fourth-order valence-electron chi connectivity index (χ4n) is 4.01. The smallest absolute Gasteiger partial charge is 0 e. The normalized spacial score (nSPS) is 16.7. The Kier molecular flexibility index (Phi) is 7.39. The van der Waals surface area contributed by atoms with E-state index in [1.807, 2.05) is 0 Å². The van der Waals surface area contributed by atoms with Crippen LogP contribution in [0.15, 0.2) is 65.3 Å². The Morgan fingerprint density at radius 3 is 2.08 bits per heavy atom. The van der Waals surface area contributed by atoms with Gasteiger partial charge in [-0.2, -0.15) is 0 Å². The summed E-state index contributed by atoms with van der Waals surface area (Å²) in [6, 6.07) is 17.8. The van der Waals surface area contributed by atoms with E-state index in [0.29, 0.717) is 5.92 Å². The largest absolute Gasteiger partial charge is 1.00 e. The van der Waals surface area contributed by atoms with E-state index in [2.05, 4.69) is 76.2 Å². The molecule has 0 nitrogen and oxygen atoms in total. The molecular formula is C22H21Cl2Hf-3. The zero-order valence-corrected chi connectivity index (χ0v) is 20.1. The van der Waals surface area contributed by atoms with E-state index >= 15 is 0 Å². The van der Waals surface area contributed by atoms with Crippen molar-refractivity contribution in [2.24, 2.45) is 5.92 Å². The van der Waals surface area contributed by atoms with Crippen LogP contribution in [0.25, 0.3) is 27.1 Å². The van der Waals surface area contributed by atoms with Crippen LogP contribution in [0.1, 0.15) is 33.3 Å². The number of hydrogen-bond donors (Lipinski definition) is 0. The van der Waals surface area contributed by atoms with Gasteiger partial charge in [0.2, 0.25) is 0 Å². The third kappa shape index (κ3) is 3.31. The van der Waals surface area contributed by atoms with Crippen LogP contribution in [0.2, 0.25) is 0 Å². The molecule has 1 unspecified atom stereocenters. The van der Waals surface area contributed by atoms with Crippen LogP contribution in [0, 0.1) is 5.92 Å². The van der Waals surface area contributed by atoms with Crippen LogP contribution in [0.4, 0.5) is 0 Å². The first-order valence-electron chi connectivity index (χ1n) is 8.05. The average molecular weight is 535 g/mol. The van der Waals surface area contributed by atoms with Crippen molar-refractivity contribution in [1.82, 2.24) is 0 Å². The van der Waals surface area contributed by atoms with Gasteiger partial charge in [-0.15, -0.1) is 33.7 Å². The van der Waals surface area contributed by atoms with E-state index in [1.165, 1.54) is 49.4 Å². The molecule has 4 rings (SSSR count). The first kappa shape index (κ1) is 22.3. The van der Waals surface area contributed by atoms with Crippen LogP contribution in [-0.2, 0) is 25.8 Å². The fourth-order valence-corrected chi connectivity index (χ4v) is 4.01. The van der Waals surface area contributed by atoms with Gasteiger partial charge in [-0.1, -0.05) is 65.6 Å². The molecule has 0 spiro atoms. The first-order chi connectivity index (χ1) is 10.6. The molecule has 0 saturated carbocycles. The summed E-state index contributed by atoms with van der Waals surface area (Å²) in [6.07, 6.45) is 0. The number of hydrogen-bond acceptors (Lipinski definition) is 0. The molecule has 0 saturated heterocycles. The molecule has 3 heteroatoms. The summed E-state index contributed by atoms with van der Waals surface area (Å²) in [7, 11) is 0. The van der Waals surface area contributed by atoms with Gasteiger partial charge >= 0.3 is 0 Å². The Bertz CT molecular complexity index is 976. The number of fused-ring (bicyclic) bond motifs is 3. The fraction of sp³-hybridized carbons (Fsp3) is 0.227. The Hall–Kier alpha value is -0.760. The van der Waals surface area contributed by atoms with Gasteiger partial charge in [0.05, 0.1) is 0 Å². The van der Waals surface area contributed by atoms with E-state index < -0.39 is 0 Å². The van der Waals surface area contributed by atoms with Gasteiger partial charge in [-0.05, 0) is 32.3 Å². The number of benzene rings is 2. The minimum Gasteiger partial charge on any atom is -1.00 e. The third-order valence-electron chi connectivity index (χ3n) is 5.59. The van der Waals surface area contributed by atoms with E-state index in [0.717, 1.165) is 0 Å². The number of allylic oxidation sites excluding steroid dienone is 4. The molecule has 1 aliphatic carbocycles. The van der Waals surface area contributed by atoms with Crippen molar-refractivity contribution in [3.05, 3.63) is 70.8 Å².